The number of ketones is 1. The van der Waals surface area contributed by atoms with Crippen molar-refractivity contribution >= 4 is 23.6 Å². The standard InChI is InChI=1S/C16H19NO6/c1-10(18)7-8-13(16(21)23-3)17-14(19)11-5-4-6-12(9-11)15(20)22-2/h4-6,9,13H,7-8H2,1-3H3,(H,17,19)/t13-/m0/s1. The van der Waals surface area contributed by atoms with E-state index in [1.807, 2.05) is 0 Å². The topological polar surface area (TPSA) is 98.8 Å². The smallest absolute Gasteiger partial charge is 0.337 e. The summed E-state index contributed by atoms with van der Waals surface area (Å²) < 4.78 is 9.21. The quantitative estimate of drug-likeness (QED) is 0.755. The Kier molecular flexibility index (Phi) is 6.92. The van der Waals surface area contributed by atoms with Crippen molar-refractivity contribution in [3.05, 3.63) is 35.4 Å². The predicted molar refractivity (Wildman–Crippen MR) is 81.0 cm³/mol. The molecule has 0 radical (unpaired) electrons. The lowest BCUT2D eigenvalue weighted by molar-refractivity contribution is -0.143. The molecule has 1 aromatic rings. The first-order valence-electron chi connectivity index (χ1n) is 6.95. The molecule has 0 bridgehead atoms. The number of esters is 2. The van der Waals surface area contributed by atoms with Gasteiger partial charge in [0, 0.05) is 12.0 Å². The maximum atomic E-state index is 12.2. The molecule has 124 valence electrons. The molecule has 1 rings (SSSR count). The van der Waals surface area contributed by atoms with Gasteiger partial charge in [-0.3, -0.25) is 4.79 Å². The van der Waals surface area contributed by atoms with E-state index in [4.69, 9.17) is 0 Å². The molecule has 0 spiro atoms. The van der Waals surface area contributed by atoms with Crippen LogP contribution in [0, 0.1) is 0 Å². The lowest BCUT2D eigenvalue weighted by Gasteiger charge is -2.16. The first kappa shape index (κ1) is 18.3. The van der Waals surface area contributed by atoms with Crippen molar-refractivity contribution in [1.82, 2.24) is 5.32 Å². The summed E-state index contributed by atoms with van der Waals surface area (Å²) in [5.41, 5.74) is 0.420. The van der Waals surface area contributed by atoms with Crippen molar-refractivity contribution in [2.75, 3.05) is 14.2 Å². The van der Waals surface area contributed by atoms with E-state index in [-0.39, 0.29) is 29.8 Å². The molecule has 0 aromatic heterocycles. The van der Waals surface area contributed by atoms with Gasteiger partial charge in [-0.05, 0) is 31.5 Å². The fourth-order valence-corrected chi connectivity index (χ4v) is 1.89. The number of rotatable bonds is 7. The fraction of sp³-hybridized carbons (Fsp3) is 0.375. The van der Waals surface area contributed by atoms with E-state index < -0.39 is 23.9 Å². The zero-order valence-corrected chi connectivity index (χ0v) is 13.3. The van der Waals surface area contributed by atoms with Gasteiger partial charge in [0.2, 0.25) is 0 Å². The highest BCUT2D eigenvalue weighted by Gasteiger charge is 2.22. The Balaban J connectivity index is 2.87. The van der Waals surface area contributed by atoms with Gasteiger partial charge < -0.3 is 19.6 Å². The van der Waals surface area contributed by atoms with Crippen LogP contribution in [0.25, 0.3) is 0 Å². The Morgan fingerprint density at radius 3 is 2.30 bits per heavy atom. The van der Waals surface area contributed by atoms with Gasteiger partial charge in [0.25, 0.3) is 5.91 Å². The van der Waals surface area contributed by atoms with Crippen LogP contribution in [0.15, 0.2) is 24.3 Å². The number of hydrogen-bond donors (Lipinski definition) is 1. The molecule has 1 atom stereocenters. The molecule has 7 heteroatoms. The second-order valence-electron chi connectivity index (χ2n) is 4.86. The van der Waals surface area contributed by atoms with Crippen LogP contribution in [0.1, 0.15) is 40.5 Å². The number of amides is 1. The third-order valence-corrected chi connectivity index (χ3v) is 3.12. The number of carbonyl (C=O) groups excluding carboxylic acids is 4. The lowest BCUT2D eigenvalue weighted by atomic mass is 10.1. The van der Waals surface area contributed by atoms with Crippen LogP contribution in [0.3, 0.4) is 0 Å². The molecule has 0 aliphatic carbocycles. The monoisotopic (exact) mass is 321 g/mol. The van der Waals surface area contributed by atoms with Gasteiger partial charge in [0.05, 0.1) is 19.8 Å². The van der Waals surface area contributed by atoms with Crippen molar-refractivity contribution in [3.63, 3.8) is 0 Å². The van der Waals surface area contributed by atoms with Gasteiger partial charge in [-0.2, -0.15) is 0 Å². The number of Topliss-reactive ketones (excluding diaryl/α,β-unsaturated/α-hetero) is 1. The van der Waals surface area contributed by atoms with Crippen molar-refractivity contribution < 1.29 is 28.7 Å². The van der Waals surface area contributed by atoms with Crippen LogP contribution in [0.5, 0.6) is 0 Å². The van der Waals surface area contributed by atoms with E-state index in [9.17, 15) is 19.2 Å². The summed E-state index contributed by atoms with van der Waals surface area (Å²) in [4.78, 5) is 46.4. The first-order valence-corrected chi connectivity index (χ1v) is 6.95. The van der Waals surface area contributed by atoms with Gasteiger partial charge in [0.15, 0.2) is 0 Å². The predicted octanol–water partition coefficient (Wildman–Crippen LogP) is 1.11. The van der Waals surface area contributed by atoms with E-state index in [0.717, 1.165) is 0 Å². The summed E-state index contributed by atoms with van der Waals surface area (Å²) in [6.45, 7) is 1.40. The molecule has 0 aliphatic rings. The van der Waals surface area contributed by atoms with Gasteiger partial charge in [-0.25, -0.2) is 9.59 Å². The van der Waals surface area contributed by atoms with Gasteiger partial charge in [-0.1, -0.05) is 6.07 Å². The molecule has 0 saturated heterocycles. The van der Waals surface area contributed by atoms with E-state index in [0.29, 0.717) is 0 Å². The molecule has 23 heavy (non-hydrogen) atoms. The van der Waals surface area contributed by atoms with Gasteiger partial charge >= 0.3 is 11.9 Å². The average Bonchev–Trinajstić information content (AvgIpc) is 2.56. The molecule has 0 unspecified atom stereocenters. The Hall–Kier alpha value is -2.70. The molecule has 1 aromatic carbocycles. The van der Waals surface area contributed by atoms with Crippen LogP contribution < -0.4 is 5.32 Å². The minimum Gasteiger partial charge on any atom is -0.467 e. The summed E-state index contributed by atoms with van der Waals surface area (Å²) >= 11 is 0. The van der Waals surface area contributed by atoms with Gasteiger partial charge in [0.1, 0.15) is 11.8 Å². The summed E-state index contributed by atoms with van der Waals surface area (Å²) in [7, 11) is 2.44. The summed E-state index contributed by atoms with van der Waals surface area (Å²) in [5.74, 6) is -1.85. The second kappa shape index (κ2) is 8.67. The fourth-order valence-electron chi connectivity index (χ4n) is 1.89. The van der Waals surface area contributed by atoms with E-state index in [1.54, 1.807) is 0 Å². The molecule has 1 N–H and O–H groups in total. The third-order valence-electron chi connectivity index (χ3n) is 3.12. The molecule has 0 heterocycles. The van der Waals surface area contributed by atoms with Crippen LogP contribution >= 0.6 is 0 Å². The molecular formula is C16H19NO6. The third kappa shape index (κ3) is 5.54. The Labute approximate surface area is 134 Å². The maximum absolute atomic E-state index is 12.2. The zero-order chi connectivity index (χ0) is 17.4. The maximum Gasteiger partial charge on any atom is 0.337 e. The molecule has 0 saturated carbocycles. The number of ether oxygens (including phenoxy) is 2. The van der Waals surface area contributed by atoms with E-state index in [2.05, 4.69) is 14.8 Å². The van der Waals surface area contributed by atoms with Crippen LogP contribution in [0.2, 0.25) is 0 Å². The van der Waals surface area contributed by atoms with Crippen LogP contribution in [0.4, 0.5) is 0 Å². The highest BCUT2D eigenvalue weighted by atomic mass is 16.5. The summed E-state index contributed by atoms with van der Waals surface area (Å²) in [6, 6.07) is 4.97. The molecule has 0 aliphatic heterocycles. The number of hydrogen-bond acceptors (Lipinski definition) is 6. The zero-order valence-electron chi connectivity index (χ0n) is 13.3. The Bertz CT molecular complexity index is 610. The highest BCUT2D eigenvalue weighted by molar-refractivity contribution is 5.99. The molecular weight excluding hydrogens is 302 g/mol. The SMILES string of the molecule is COC(=O)c1cccc(C(=O)N[C@@H](CCC(C)=O)C(=O)OC)c1. The van der Waals surface area contributed by atoms with Crippen LogP contribution in [-0.4, -0.2) is 43.9 Å². The van der Waals surface area contributed by atoms with Crippen molar-refractivity contribution in [2.45, 2.75) is 25.8 Å². The van der Waals surface area contributed by atoms with Crippen molar-refractivity contribution in [2.24, 2.45) is 0 Å². The Morgan fingerprint density at radius 1 is 1.09 bits per heavy atom. The van der Waals surface area contributed by atoms with E-state index >= 15 is 0 Å². The number of methoxy groups -OCH3 is 2. The molecule has 0 fully saturated rings. The number of carbonyl (C=O) groups is 4. The minimum absolute atomic E-state index is 0.0964. The Morgan fingerprint density at radius 2 is 1.74 bits per heavy atom. The second-order valence-corrected chi connectivity index (χ2v) is 4.86. The average molecular weight is 321 g/mol. The number of benzene rings is 1. The van der Waals surface area contributed by atoms with E-state index in [1.165, 1.54) is 45.4 Å². The minimum atomic E-state index is -0.932. The highest BCUT2D eigenvalue weighted by Crippen LogP contribution is 2.08. The van der Waals surface area contributed by atoms with Crippen molar-refractivity contribution in [3.8, 4) is 0 Å². The summed E-state index contributed by atoms with van der Waals surface area (Å²) in [5, 5.41) is 2.51. The molecule has 7 nitrogen and oxygen atoms in total. The lowest BCUT2D eigenvalue weighted by Crippen LogP contribution is -2.41. The first-order chi connectivity index (χ1) is 10.9. The van der Waals surface area contributed by atoms with Crippen LogP contribution in [-0.2, 0) is 19.1 Å². The number of nitrogens with one attached hydrogen (secondary N) is 1. The summed E-state index contributed by atoms with van der Waals surface area (Å²) in [6.07, 6.45) is 0.284. The largest absolute Gasteiger partial charge is 0.467 e. The normalized spacial score (nSPS) is 11.3. The van der Waals surface area contributed by atoms with Gasteiger partial charge in [-0.15, -0.1) is 0 Å². The molecule has 1 amide bonds. The van der Waals surface area contributed by atoms with Crippen molar-refractivity contribution in [1.29, 1.82) is 0 Å².